The van der Waals surface area contributed by atoms with Gasteiger partial charge in [0.1, 0.15) is 5.75 Å². The van der Waals surface area contributed by atoms with Gasteiger partial charge in [0.2, 0.25) is 0 Å². The molecular formula is C13H11F3N4O2. The fourth-order valence-corrected chi connectivity index (χ4v) is 1.47. The van der Waals surface area contributed by atoms with Gasteiger partial charge < -0.3 is 10.1 Å². The van der Waals surface area contributed by atoms with Crippen LogP contribution in [0.3, 0.4) is 0 Å². The van der Waals surface area contributed by atoms with E-state index in [4.69, 9.17) is 0 Å². The average molecular weight is 312 g/mol. The molecule has 0 spiro atoms. The number of nitrogens with zero attached hydrogens (tertiary/aromatic N) is 1. The molecule has 0 saturated heterocycles. The van der Waals surface area contributed by atoms with Crippen LogP contribution in [0.5, 0.6) is 5.75 Å². The van der Waals surface area contributed by atoms with Crippen LogP contribution in [0.2, 0.25) is 0 Å². The number of hydrogen-bond donors (Lipinski definition) is 3. The number of urea groups is 1. The topological polar surface area (TPSA) is 75.3 Å². The molecule has 3 N–H and O–H groups in total. The van der Waals surface area contributed by atoms with E-state index in [1.54, 1.807) is 18.3 Å². The number of aromatic nitrogens is 1. The number of hydrogen-bond acceptors (Lipinski definition) is 4. The molecule has 1 aromatic heterocycles. The van der Waals surface area contributed by atoms with E-state index in [1.807, 2.05) is 0 Å². The molecule has 6 nitrogen and oxygen atoms in total. The van der Waals surface area contributed by atoms with Crippen molar-refractivity contribution in [2.24, 2.45) is 0 Å². The Bertz CT molecular complexity index is 617. The highest BCUT2D eigenvalue weighted by Crippen LogP contribution is 2.23. The normalized spacial score (nSPS) is 10.7. The number of hydrazine groups is 1. The second-order valence-corrected chi connectivity index (χ2v) is 4.02. The van der Waals surface area contributed by atoms with Crippen molar-refractivity contribution in [2.75, 3.05) is 10.7 Å². The van der Waals surface area contributed by atoms with Crippen LogP contribution in [0.4, 0.5) is 29.3 Å². The Kier molecular flexibility index (Phi) is 4.66. The van der Waals surface area contributed by atoms with Crippen molar-refractivity contribution in [3.05, 3.63) is 48.8 Å². The molecule has 2 amide bonds. The summed E-state index contributed by atoms with van der Waals surface area (Å²) in [6.45, 7) is 0. The predicted molar refractivity (Wildman–Crippen MR) is 73.1 cm³/mol. The molecule has 0 unspecified atom stereocenters. The van der Waals surface area contributed by atoms with E-state index in [1.165, 1.54) is 18.3 Å². The standard InChI is InChI=1S/C13H11F3N4O2/c14-13(15,16)22-11-5-3-9(4-6-11)19-20-12(21)18-10-2-1-7-17-8-10/h1-8,19H,(H2,18,20,21). The van der Waals surface area contributed by atoms with Gasteiger partial charge in [0.15, 0.2) is 0 Å². The highest BCUT2D eigenvalue weighted by atomic mass is 19.4. The summed E-state index contributed by atoms with van der Waals surface area (Å²) in [4.78, 5) is 15.4. The van der Waals surface area contributed by atoms with E-state index in [9.17, 15) is 18.0 Å². The van der Waals surface area contributed by atoms with Crippen LogP contribution in [-0.2, 0) is 0 Å². The molecule has 1 heterocycles. The lowest BCUT2D eigenvalue weighted by atomic mass is 10.3. The van der Waals surface area contributed by atoms with Crippen LogP contribution < -0.4 is 20.9 Å². The lowest BCUT2D eigenvalue weighted by Gasteiger charge is -2.11. The SMILES string of the molecule is O=C(NNc1ccc(OC(F)(F)F)cc1)Nc1cccnc1. The Hall–Kier alpha value is -2.97. The first-order valence-electron chi connectivity index (χ1n) is 6.01. The zero-order valence-electron chi connectivity index (χ0n) is 11.0. The second-order valence-electron chi connectivity index (χ2n) is 4.02. The molecule has 0 atom stereocenters. The monoisotopic (exact) mass is 312 g/mol. The van der Waals surface area contributed by atoms with Crippen molar-refractivity contribution in [3.8, 4) is 5.75 Å². The number of pyridine rings is 1. The quantitative estimate of drug-likeness (QED) is 0.758. The third-order valence-electron chi connectivity index (χ3n) is 2.33. The molecule has 0 radical (unpaired) electrons. The van der Waals surface area contributed by atoms with Gasteiger partial charge in [-0.25, -0.2) is 4.79 Å². The summed E-state index contributed by atoms with van der Waals surface area (Å²) in [7, 11) is 0. The van der Waals surface area contributed by atoms with Crippen LogP contribution in [0.15, 0.2) is 48.8 Å². The van der Waals surface area contributed by atoms with Crippen molar-refractivity contribution >= 4 is 17.4 Å². The maximum absolute atomic E-state index is 12.0. The van der Waals surface area contributed by atoms with Gasteiger partial charge >= 0.3 is 12.4 Å². The number of benzene rings is 1. The fourth-order valence-electron chi connectivity index (χ4n) is 1.47. The Morgan fingerprint density at radius 1 is 1.09 bits per heavy atom. The number of amides is 2. The van der Waals surface area contributed by atoms with E-state index in [-0.39, 0.29) is 5.75 Å². The maximum atomic E-state index is 12.0. The molecule has 0 aliphatic carbocycles. The summed E-state index contributed by atoms with van der Waals surface area (Å²) in [5, 5.41) is 2.51. The van der Waals surface area contributed by atoms with Gasteiger partial charge in [-0.3, -0.25) is 15.8 Å². The minimum atomic E-state index is -4.74. The van der Waals surface area contributed by atoms with Gasteiger partial charge in [-0.05, 0) is 36.4 Å². The minimum absolute atomic E-state index is 0.349. The number of alkyl halides is 3. The zero-order valence-corrected chi connectivity index (χ0v) is 11.0. The number of anilines is 2. The molecule has 116 valence electrons. The molecule has 0 fully saturated rings. The Balaban J connectivity index is 1.83. The maximum Gasteiger partial charge on any atom is 0.573 e. The number of rotatable bonds is 4. The summed E-state index contributed by atoms with van der Waals surface area (Å²) in [5.74, 6) is -0.349. The predicted octanol–water partition coefficient (Wildman–Crippen LogP) is 3.13. The van der Waals surface area contributed by atoms with Gasteiger partial charge in [-0.1, -0.05) is 0 Å². The first-order chi connectivity index (χ1) is 10.4. The first-order valence-corrected chi connectivity index (χ1v) is 6.01. The smallest absolute Gasteiger partial charge is 0.406 e. The van der Waals surface area contributed by atoms with Crippen molar-refractivity contribution in [1.82, 2.24) is 10.4 Å². The average Bonchev–Trinajstić information content (AvgIpc) is 2.46. The number of nitrogens with one attached hydrogen (secondary N) is 3. The summed E-state index contributed by atoms with van der Waals surface area (Å²) < 4.78 is 39.7. The Morgan fingerprint density at radius 3 is 2.41 bits per heavy atom. The van der Waals surface area contributed by atoms with Crippen LogP contribution in [0.25, 0.3) is 0 Å². The largest absolute Gasteiger partial charge is 0.573 e. The van der Waals surface area contributed by atoms with Gasteiger partial charge in [-0.15, -0.1) is 13.2 Å². The zero-order chi connectivity index (χ0) is 16.0. The fraction of sp³-hybridized carbons (Fsp3) is 0.0769. The van der Waals surface area contributed by atoms with Gasteiger partial charge in [0, 0.05) is 6.20 Å². The number of ether oxygens (including phenoxy) is 1. The lowest BCUT2D eigenvalue weighted by Crippen LogP contribution is -2.33. The van der Waals surface area contributed by atoms with Gasteiger partial charge in [0.05, 0.1) is 17.6 Å². The highest BCUT2D eigenvalue weighted by Gasteiger charge is 2.30. The molecule has 2 aromatic rings. The molecule has 22 heavy (non-hydrogen) atoms. The molecule has 0 aliphatic rings. The molecule has 0 saturated carbocycles. The van der Waals surface area contributed by atoms with Crippen molar-refractivity contribution in [1.29, 1.82) is 0 Å². The molecule has 9 heteroatoms. The Labute approximate surface area is 123 Å². The van der Waals surface area contributed by atoms with Crippen LogP contribution >= 0.6 is 0 Å². The van der Waals surface area contributed by atoms with Crippen LogP contribution in [0.1, 0.15) is 0 Å². The highest BCUT2D eigenvalue weighted by molar-refractivity contribution is 5.89. The lowest BCUT2D eigenvalue weighted by molar-refractivity contribution is -0.274. The second kappa shape index (κ2) is 6.66. The van der Waals surface area contributed by atoms with Gasteiger partial charge in [-0.2, -0.15) is 0 Å². The van der Waals surface area contributed by atoms with Crippen molar-refractivity contribution < 1.29 is 22.7 Å². The van der Waals surface area contributed by atoms with Crippen molar-refractivity contribution in [3.63, 3.8) is 0 Å². The van der Waals surface area contributed by atoms with Crippen LogP contribution in [0, 0.1) is 0 Å². The van der Waals surface area contributed by atoms with Gasteiger partial charge in [0.25, 0.3) is 0 Å². The molecular weight excluding hydrogens is 301 g/mol. The summed E-state index contributed by atoms with van der Waals surface area (Å²) in [6.07, 6.45) is -1.72. The molecule has 1 aromatic carbocycles. The third-order valence-corrected chi connectivity index (χ3v) is 2.33. The van der Waals surface area contributed by atoms with E-state index >= 15 is 0 Å². The van der Waals surface area contributed by atoms with E-state index in [0.29, 0.717) is 11.4 Å². The number of halogens is 3. The van der Waals surface area contributed by atoms with E-state index in [0.717, 1.165) is 12.1 Å². The van der Waals surface area contributed by atoms with E-state index < -0.39 is 12.4 Å². The first kappa shape index (κ1) is 15.4. The molecule has 0 aliphatic heterocycles. The van der Waals surface area contributed by atoms with Crippen molar-refractivity contribution in [2.45, 2.75) is 6.36 Å². The number of carbonyl (C=O) groups excluding carboxylic acids is 1. The molecule has 0 bridgehead atoms. The van der Waals surface area contributed by atoms with E-state index in [2.05, 4.69) is 25.9 Å². The summed E-state index contributed by atoms with van der Waals surface area (Å²) >= 11 is 0. The third kappa shape index (κ3) is 5.19. The number of carbonyl (C=O) groups is 1. The minimum Gasteiger partial charge on any atom is -0.406 e. The summed E-state index contributed by atoms with van der Waals surface area (Å²) in [5.41, 5.74) is 5.74. The van der Waals surface area contributed by atoms with Crippen LogP contribution in [-0.4, -0.2) is 17.4 Å². The summed E-state index contributed by atoms with van der Waals surface area (Å²) in [6, 6.07) is 7.64. The Morgan fingerprint density at radius 2 is 1.82 bits per heavy atom. The molecule has 2 rings (SSSR count).